The van der Waals surface area contributed by atoms with Crippen molar-refractivity contribution >= 4 is 44.9 Å². The lowest BCUT2D eigenvalue weighted by atomic mass is 10.0. The van der Waals surface area contributed by atoms with Crippen molar-refractivity contribution in [3.63, 3.8) is 0 Å². The molecule has 0 spiro atoms. The first-order valence-electron chi connectivity index (χ1n) is 8.32. The van der Waals surface area contributed by atoms with E-state index in [0.29, 0.717) is 4.47 Å². The van der Waals surface area contributed by atoms with Crippen LogP contribution in [-0.2, 0) is 9.53 Å². The molecule has 11 heteroatoms. The number of alkyl halides is 2. The number of nitrogens with one attached hydrogen (secondary N) is 1. The summed E-state index contributed by atoms with van der Waals surface area (Å²) < 4.78 is 35.7. The average Bonchev–Trinajstić information content (AvgIpc) is 2.61. The lowest BCUT2D eigenvalue weighted by Gasteiger charge is -2.23. The Morgan fingerprint density at radius 1 is 1.34 bits per heavy atom. The normalized spacial score (nSPS) is 11.8. The lowest BCUT2D eigenvalue weighted by molar-refractivity contribution is -0.384. The molecule has 0 unspecified atom stereocenters. The SMILES string of the molecule is CCOC(=O)C[C@@H](Nc1cc(Br)ccc1[N+](=O)[O-])c1c(Cl)cccc1OC(F)F. The zero-order chi connectivity index (χ0) is 21.6. The van der Waals surface area contributed by atoms with Gasteiger partial charge in [0.05, 0.1) is 24.0 Å². The zero-order valence-electron chi connectivity index (χ0n) is 15.0. The number of carbonyl (C=O) groups is 1. The molecule has 2 aromatic rings. The van der Waals surface area contributed by atoms with Gasteiger partial charge >= 0.3 is 12.6 Å². The van der Waals surface area contributed by atoms with Crippen LogP contribution >= 0.6 is 27.5 Å². The summed E-state index contributed by atoms with van der Waals surface area (Å²) in [5.41, 5.74) is -0.163. The van der Waals surface area contributed by atoms with E-state index in [2.05, 4.69) is 26.0 Å². The van der Waals surface area contributed by atoms with Crippen LogP contribution in [0.1, 0.15) is 24.9 Å². The number of carbonyl (C=O) groups excluding carboxylic acids is 1. The Labute approximate surface area is 178 Å². The zero-order valence-corrected chi connectivity index (χ0v) is 17.4. The van der Waals surface area contributed by atoms with E-state index in [1.54, 1.807) is 6.92 Å². The number of nitro groups is 1. The molecule has 2 aromatic carbocycles. The van der Waals surface area contributed by atoms with Crippen LogP contribution in [0.3, 0.4) is 0 Å². The summed E-state index contributed by atoms with van der Waals surface area (Å²) in [6.07, 6.45) is -0.333. The van der Waals surface area contributed by atoms with Gasteiger partial charge in [0.15, 0.2) is 0 Å². The molecule has 0 aliphatic rings. The molecular weight excluding hydrogens is 478 g/mol. The van der Waals surface area contributed by atoms with Crippen LogP contribution in [0.4, 0.5) is 20.2 Å². The number of esters is 1. The first-order valence-corrected chi connectivity index (χ1v) is 9.49. The van der Waals surface area contributed by atoms with Gasteiger partial charge in [-0.2, -0.15) is 8.78 Å². The van der Waals surface area contributed by atoms with Crippen LogP contribution in [0.2, 0.25) is 5.02 Å². The number of rotatable bonds is 9. The largest absolute Gasteiger partial charge is 0.466 e. The van der Waals surface area contributed by atoms with Gasteiger partial charge in [0.1, 0.15) is 11.4 Å². The first-order chi connectivity index (χ1) is 13.7. The van der Waals surface area contributed by atoms with Gasteiger partial charge in [0.2, 0.25) is 0 Å². The Balaban J connectivity index is 2.54. The highest BCUT2D eigenvalue weighted by atomic mass is 79.9. The molecule has 0 aliphatic heterocycles. The molecule has 0 aliphatic carbocycles. The van der Waals surface area contributed by atoms with E-state index in [9.17, 15) is 23.7 Å². The maximum atomic E-state index is 12.9. The number of hydrogen-bond acceptors (Lipinski definition) is 6. The third kappa shape index (κ3) is 6.26. The van der Waals surface area contributed by atoms with Gasteiger partial charge in [0, 0.05) is 21.1 Å². The van der Waals surface area contributed by atoms with Crippen LogP contribution in [-0.4, -0.2) is 24.1 Å². The van der Waals surface area contributed by atoms with Crippen molar-refractivity contribution in [2.45, 2.75) is 26.0 Å². The molecule has 29 heavy (non-hydrogen) atoms. The predicted molar refractivity (Wildman–Crippen MR) is 106 cm³/mol. The Hall–Kier alpha value is -2.46. The number of hydrogen-bond donors (Lipinski definition) is 1. The fourth-order valence-corrected chi connectivity index (χ4v) is 3.30. The molecule has 1 N–H and O–H groups in total. The van der Waals surface area contributed by atoms with E-state index < -0.39 is 23.5 Å². The molecular formula is C18H16BrClF2N2O5. The quantitative estimate of drug-likeness (QED) is 0.273. The van der Waals surface area contributed by atoms with Gasteiger partial charge in [-0.25, -0.2) is 0 Å². The van der Waals surface area contributed by atoms with E-state index in [1.807, 2.05) is 0 Å². The molecule has 1 atom stereocenters. The lowest BCUT2D eigenvalue weighted by Crippen LogP contribution is -2.20. The van der Waals surface area contributed by atoms with Crippen LogP contribution in [0.15, 0.2) is 40.9 Å². The molecule has 2 rings (SSSR count). The Kier molecular flexibility index (Phi) is 8.15. The summed E-state index contributed by atoms with van der Waals surface area (Å²) >= 11 is 9.43. The molecule has 156 valence electrons. The van der Waals surface area contributed by atoms with Gasteiger partial charge in [-0.1, -0.05) is 33.6 Å². The van der Waals surface area contributed by atoms with Crippen LogP contribution in [0, 0.1) is 10.1 Å². The highest BCUT2D eigenvalue weighted by molar-refractivity contribution is 9.10. The summed E-state index contributed by atoms with van der Waals surface area (Å²) in [4.78, 5) is 22.9. The summed E-state index contributed by atoms with van der Waals surface area (Å²) in [6.45, 7) is -1.41. The smallest absolute Gasteiger partial charge is 0.387 e. The van der Waals surface area contributed by atoms with Gasteiger partial charge in [-0.05, 0) is 31.2 Å². The Morgan fingerprint density at radius 2 is 2.07 bits per heavy atom. The van der Waals surface area contributed by atoms with Crippen LogP contribution in [0.5, 0.6) is 5.75 Å². The van der Waals surface area contributed by atoms with Crippen molar-refractivity contribution in [2.24, 2.45) is 0 Å². The predicted octanol–water partition coefficient (Wildman–Crippen LogP) is 5.72. The van der Waals surface area contributed by atoms with E-state index >= 15 is 0 Å². The minimum absolute atomic E-state index is 0.0441. The third-order valence-electron chi connectivity index (χ3n) is 3.74. The number of nitro benzene ring substituents is 1. The van der Waals surface area contributed by atoms with Crippen molar-refractivity contribution in [3.05, 3.63) is 61.6 Å². The monoisotopic (exact) mass is 492 g/mol. The van der Waals surface area contributed by atoms with Crippen molar-refractivity contribution in [1.29, 1.82) is 0 Å². The molecule has 0 saturated carbocycles. The topological polar surface area (TPSA) is 90.7 Å². The Bertz CT molecular complexity index is 901. The number of benzene rings is 2. The fourth-order valence-electron chi connectivity index (χ4n) is 2.64. The molecule has 0 fully saturated rings. The van der Waals surface area contributed by atoms with E-state index in [4.69, 9.17) is 16.3 Å². The van der Waals surface area contributed by atoms with Crippen molar-refractivity contribution in [3.8, 4) is 5.75 Å². The molecule has 0 saturated heterocycles. The Morgan fingerprint density at radius 3 is 2.69 bits per heavy atom. The second-order valence-electron chi connectivity index (χ2n) is 5.65. The maximum Gasteiger partial charge on any atom is 0.387 e. The number of halogens is 4. The molecule has 0 amide bonds. The highest BCUT2D eigenvalue weighted by Gasteiger charge is 2.27. The summed E-state index contributed by atoms with van der Waals surface area (Å²) in [7, 11) is 0. The van der Waals surface area contributed by atoms with Gasteiger partial charge in [-0.3, -0.25) is 14.9 Å². The maximum absolute atomic E-state index is 12.9. The molecule has 0 aromatic heterocycles. The van der Waals surface area contributed by atoms with E-state index in [0.717, 1.165) is 0 Å². The van der Waals surface area contributed by atoms with Gasteiger partial charge in [0.25, 0.3) is 5.69 Å². The van der Waals surface area contributed by atoms with E-state index in [1.165, 1.54) is 36.4 Å². The number of nitrogens with zero attached hydrogens (tertiary/aromatic N) is 1. The van der Waals surface area contributed by atoms with Crippen molar-refractivity contribution in [2.75, 3.05) is 11.9 Å². The second-order valence-corrected chi connectivity index (χ2v) is 6.98. The van der Waals surface area contributed by atoms with E-state index in [-0.39, 0.29) is 40.7 Å². The number of ether oxygens (including phenoxy) is 2. The fraction of sp³-hybridized carbons (Fsp3) is 0.278. The molecule has 0 radical (unpaired) electrons. The minimum Gasteiger partial charge on any atom is -0.466 e. The minimum atomic E-state index is -3.13. The second kappa shape index (κ2) is 10.4. The summed E-state index contributed by atoms with van der Waals surface area (Å²) in [6, 6.07) is 7.24. The molecule has 7 nitrogen and oxygen atoms in total. The van der Waals surface area contributed by atoms with Crippen LogP contribution < -0.4 is 10.1 Å². The molecule has 0 bridgehead atoms. The summed E-state index contributed by atoms with van der Waals surface area (Å²) in [5.74, 6) is -0.905. The van der Waals surface area contributed by atoms with Crippen molar-refractivity contribution in [1.82, 2.24) is 0 Å². The molecule has 0 heterocycles. The van der Waals surface area contributed by atoms with Crippen LogP contribution in [0.25, 0.3) is 0 Å². The van der Waals surface area contributed by atoms with Crippen molar-refractivity contribution < 1.29 is 28.0 Å². The average molecular weight is 494 g/mol. The summed E-state index contributed by atoms with van der Waals surface area (Å²) in [5, 5.41) is 14.3. The van der Waals surface area contributed by atoms with Gasteiger partial charge < -0.3 is 14.8 Å². The number of anilines is 1. The first kappa shape index (κ1) is 22.8. The van der Waals surface area contributed by atoms with Gasteiger partial charge in [-0.15, -0.1) is 0 Å². The standard InChI is InChI=1S/C18H16BrClF2N2O5/c1-2-28-16(25)9-13(17-11(20)4-3-5-15(17)29-18(21)22)23-12-8-10(19)6-7-14(12)24(26)27/h3-8,13,18,23H,2,9H2,1H3/t13-/m1/s1. The third-order valence-corrected chi connectivity index (χ3v) is 4.56. The highest BCUT2D eigenvalue weighted by Crippen LogP contribution is 2.39.